The van der Waals surface area contributed by atoms with Gasteiger partial charge in [0.2, 0.25) is 0 Å². The highest BCUT2D eigenvalue weighted by molar-refractivity contribution is 7.98. The SMILES string of the molecule is Cc1nn(C)c(CSc2ccc(C(C)N)cc2)c1Cl. The quantitative estimate of drug-likeness (QED) is 0.875. The molecule has 102 valence electrons. The van der Waals surface area contributed by atoms with E-state index in [9.17, 15) is 0 Å². The first-order valence-electron chi connectivity index (χ1n) is 6.15. The second kappa shape index (κ2) is 5.99. The van der Waals surface area contributed by atoms with E-state index in [1.807, 2.05) is 25.6 Å². The lowest BCUT2D eigenvalue weighted by Gasteiger charge is -2.07. The topological polar surface area (TPSA) is 43.8 Å². The second-order valence-electron chi connectivity index (χ2n) is 4.62. The molecule has 0 saturated carbocycles. The Morgan fingerprint density at radius 1 is 1.37 bits per heavy atom. The van der Waals surface area contributed by atoms with Gasteiger partial charge in [-0.3, -0.25) is 4.68 Å². The molecule has 0 amide bonds. The van der Waals surface area contributed by atoms with Gasteiger partial charge < -0.3 is 5.73 Å². The molecule has 1 aromatic carbocycles. The van der Waals surface area contributed by atoms with E-state index in [1.54, 1.807) is 11.8 Å². The maximum atomic E-state index is 6.23. The molecule has 0 aliphatic heterocycles. The summed E-state index contributed by atoms with van der Waals surface area (Å²) < 4.78 is 1.85. The molecule has 19 heavy (non-hydrogen) atoms. The summed E-state index contributed by atoms with van der Waals surface area (Å²) in [5.41, 5.74) is 8.92. The fourth-order valence-electron chi connectivity index (χ4n) is 1.86. The average molecular weight is 296 g/mol. The van der Waals surface area contributed by atoms with Crippen LogP contribution < -0.4 is 5.73 Å². The zero-order valence-corrected chi connectivity index (χ0v) is 12.9. The lowest BCUT2D eigenvalue weighted by atomic mass is 10.1. The van der Waals surface area contributed by atoms with Gasteiger partial charge >= 0.3 is 0 Å². The van der Waals surface area contributed by atoms with Crippen LogP contribution in [0.1, 0.15) is 29.9 Å². The lowest BCUT2D eigenvalue weighted by Crippen LogP contribution is -2.04. The smallest absolute Gasteiger partial charge is 0.0855 e. The van der Waals surface area contributed by atoms with E-state index < -0.39 is 0 Å². The van der Waals surface area contributed by atoms with E-state index in [-0.39, 0.29) is 6.04 Å². The maximum Gasteiger partial charge on any atom is 0.0855 e. The molecule has 0 fully saturated rings. The molecule has 1 atom stereocenters. The maximum absolute atomic E-state index is 6.23. The zero-order chi connectivity index (χ0) is 14.0. The standard InChI is InChI=1S/C14H18ClN3S/c1-9(16)11-4-6-12(7-5-11)19-8-13-14(15)10(2)17-18(13)3/h4-7,9H,8,16H2,1-3H3. The Hall–Kier alpha value is -0.970. The van der Waals surface area contributed by atoms with Crippen molar-refractivity contribution in [3.05, 3.63) is 46.2 Å². The monoisotopic (exact) mass is 295 g/mol. The molecule has 0 aliphatic rings. The van der Waals surface area contributed by atoms with Crippen LogP contribution in [0.3, 0.4) is 0 Å². The molecular weight excluding hydrogens is 278 g/mol. The van der Waals surface area contributed by atoms with Crippen LogP contribution in [0.15, 0.2) is 29.2 Å². The van der Waals surface area contributed by atoms with Gasteiger partial charge in [-0.1, -0.05) is 23.7 Å². The van der Waals surface area contributed by atoms with E-state index >= 15 is 0 Å². The number of rotatable bonds is 4. The fraction of sp³-hybridized carbons (Fsp3) is 0.357. The van der Waals surface area contributed by atoms with Gasteiger partial charge in [0, 0.05) is 23.7 Å². The summed E-state index contributed by atoms with van der Waals surface area (Å²) in [5, 5.41) is 5.08. The summed E-state index contributed by atoms with van der Waals surface area (Å²) >= 11 is 7.98. The van der Waals surface area contributed by atoms with Crippen molar-refractivity contribution in [2.75, 3.05) is 0 Å². The first kappa shape index (κ1) is 14.4. The lowest BCUT2D eigenvalue weighted by molar-refractivity contribution is 0.727. The first-order chi connectivity index (χ1) is 8.99. The molecule has 0 aliphatic carbocycles. The molecule has 2 N–H and O–H groups in total. The molecule has 0 saturated heterocycles. The van der Waals surface area contributed by atoms with Crippen LogP contribution in [0.5, 0.6) is 0 Å². The molecule has 2 rings (SSSR count). The third-order valence-electron chi connectivity index (χ3n) is 3.04. The number of thioether (sulfide) groups is 1. The van der Waals surface area contributed by atoms with E-state index in [0.29, 0.717) is 0 Å². The molecule has 0 spiro atoms. The van der Waals surface area contributed by atoms with Crippen molar-refractivity contribution in [2.45, 2.75) is 30.5 Å². The van der Waals surface area contributed by atoms with Crippen LogP contribution in [0.25, 0.3) is 0 Å². The Morgan fingerprint density at radius 2 is 2.00 bits per heavy atom. The van der Waals surface area contributed by atoms with E-state index in [1.165, 1.54) is 4.90 Å². The van der Waals surface area contributed by atoms with Crippen molar-refractivity contribution in [3.8, 4) is 0 Å². The summed E-state index contributed by atoms with van der Waals surface area (Å²) in [6, 6.07) is 8.42. The van der Waals surface area contributed by atoms with Gasteiger partial charge in [-0.2, -0.15) is 5.10 Å². The third-order valence-corrected chi connectivity index (χ3v) is 4.56. The predicted molar refractivity (Wildman–Crippen MR) is 81.6 cm³/mol. The molecular formula is C14H18ClN3S. The van der Waals surface area contributed by atoms with Crippen LogP contribution in [0.4, 0.5) is 0 Å². The highest BCUT2D eigenvalue weighted by atomic mass is 35.5. The first-order valence-corrected chi connectivity index (χ1v) is 7.51. The largest absolute Gasteiger partial charge is 0.324 e. The Kier molecular flexibility index (Phi) is 4.55. The minimum absolute atomic E-state index is 0.0771. The van der Waals surface area contributed by atoms with Crippen molar-refractivity contribution in [2.24, 2.45) is 12.8 Å². The fourth-order valence-corrected chi connectivity index (χ4v) is 3.13. The number of nitrogens with zero attached hydrogens (tertiary/aromatic N) is 2. The zero-order valence-electron chi connectivity index (χ0n) is 11.4. The minimum atomic E-state index is 0.0771. The van der Waals surface area contributed by atoms with E-state index in [4.69, 9.17) is 17.3 Å². The summed E-state index contributed by atoms with van der Waals surface area (Å²) in [5.74, 6) is 0.813. The van der Waals surface area contributed by atoms with Crippen molar-refractivity contribution in [1.29, 1.82) is 0 Å². The third kappa shape index (κ3) is 3.32. The summed E-state index contributed by atoms with van der Waals surface area (Å²) in [7, 11) is 1.92. The van der Waals surface area contributed by atoms with Crippen LogP contribution in [-0.4, -0.2) is 9.78 Å². The molecule has 1 heterocycles. The summed E-state index contributed by atoms with van der Waals surface area (Å²) in [6.07, 6.45) is 0. The number of nitrogens with two attached hydrogens (primary N) is 1. The molecule has 1 aromatic heterocycles. The summed E-state index contributed by atoms with van der Waals surface area (Å²) in [4.78, 5) is 1.21. The van der Waals surface area contributed by atoms with Gasteiger partial charge in [0.15, 0.2) is 0 Å². The van der Waals surface area contributed by atoms with Crippen molar-refractivity contribution in [3.63, 3.8) is 0 Å². The van der Waals surface area contributed by atoms with Crippen LogP contribution in [0, 0.1) is 6.92 Å². The Balaban J connectivity index is 2.06. The molecule has 0 radical (unpaired) electrons. The van der Waals surface area contributed by atoms with Gasteiger partial charge in [0.25, 0.3) is 0 Å². The second-order valence-corrected chi connectivity index (χ2v) is 6.04. The number of halogens is 1. The minimum Gasteiger partial charge on any atom is -0.324 e. The molecule has 3 nitrogen and oxygen atoms in total. The summed E-state index contributed by atoms with van der Waals surface area (Å²) in [6.45, 7) is 3.91. The van der Waals surface area contributed by atoms with Crippen molar-refractivity contribution in [1.82, 2.24) is 9.78 Å². The van der Waals surface area contributed by atoms with Gasteiger partial charge in [0.05, 0.1) is 16.4 Å². The predicted octanol–water partition coefficient (Wildman–Crippen LogP) is 3.69. The van der Waals surface area contributed by atoms with Gasteiger partial charge in [0.1, 0.15) is 0 Å². The van der Waals surface area contributed by atoms with Gasteiger partial charge in [-0.05, 0) is 31.5 Å². The normalized spacial score (nSPS) is 12.7. The molecule has 0 bridgehead atoms. The van der Waals surface area contributed by atoms with Crippen LogP contribution in [-0.2, 0) is 12.8 Å². The van der Waals surface area contributed by atoms with Crippen LogP contribution >= 0.6 is 23.4 Å². The van der Waals surface area contributed by atoms with Crippen LogP contribution in [0.2, 0.25) is 5.02 Å². The number of hydrogen-bond acceptors (Lipinski definition) is 3. The number of hydrogen-bond donors (Lipinski definition) is 1. The molecule has 2 aromatic rings. The highest BCUT2D eigenvalue weighted by Gasteiger charge is 2.11. The number of aryl methyl sites for hydroxylation is 2. The van der Waals surface area contributed by atoms with Gasteiger partial charge in [-0.25, -0.2) is 0 Å². The molecule has 5 heteroatoms. The Bertz CT molecular complexity index is 561. The highest BCUT2D eigenvalue weighted by Crippen LogP contribution is 2.28. The Morgan fingerprint density at radius 3 is 2.47 bits per heavy atom. The number of benzene rings is 1. The average Bonchev–Trinajstić information content (AvgIpc) is 2.62. The Labute approximate surface area is 123 Å². The van der Waals surface area contributed by atoms with E-state index in [2.05, 4.69) is 29.4 Å². The van der Waals surface area contributed by atoms with Crippen molar-refractivity contribution < 1.29 is 0 Å². The number of aromatic nitrogens is 2. The van der Waals surface area contributed by atoms with Gasteiger partial charge in [-0.15, -0.1) is 11.8 Å². The van der Waals surface area contributed by atoms with E-state index in [0.717, 1.165) is 27.7 Å². The molecule has 1 unspecified atom stereocenters. The van der Waals surface area contributed by atoms with Crippen molar-refractivity contribution >= 4 is 23.4 Å².